The second-order valence-electron chi connectivity index (χ2n) is 4.64. The van der Waals surface area contributed by atoms with Gasteiger partial charge in [-0.05, 0) is 12.3 Å². The monoisotopic (exact) mass is 235 g/mol. The van der Waals surface area contributed by atoms with Crippen molar-refractivity contribution in [1.29, 1.82) is 0 Å². The zero-order valence-electron chi connectivity index (χ0n) is 10.8. The fourth-order valence-electron chi connectivity index (χ4n) is 1.87. The number of ketones is 1. The average molecular weight is 235 g/mol. The van der Waals surface area contributed by atoms with Crippen molar-refractivity contribution >= 4 is 5.78 Å². The zero-order valence-corrected chi connectivity index (χ0v) is 10.8. The predicted octanol–water partition coefficient (Wildman–Crippen LogP) is 2.83. The minimum atomic E-state index is 0.0766. The Bertz CT molecular complexity index is 335. The molecular weight excluding hydrogens is 214 g/mol. The van der Waals surface area contributed by atoms with E-state index in [-0.39, 0.29) is 11.8 Å². The van der Waals surface area contributed by atoms with Crippen molar-refractivity contribution in [2.75, 3.05) is 7.11 Å². The first kappa shape index (κ1) is 13.9. The van der Waals surface area contributed by atoms with Gasteiger partial charge < -0.3 is 4.84 Å². The Morgan fingerprint density at radius 2 is 1.94 bits per heavy atom. The predicted molar refractivity (Wildman–Crippen MR) is 68.8 cm³/mol. The molecule has 94 valence electrons. The van der Waals surface area contributed by atoms with Crippen LogP contribution in [0.15, 0.2) is 30.3 Å². The SMILES string of the molecule is CON[C@@H](CC(=O)c1ccccc1)CC(C)C. The summed E-state index contributed by atoms with van der Waals surface area (Å²) in [5.41, 5.74) is 3.66. The summed E-state index contributed by atoms with van der Waals surface area (Å²) < 4.78 is 0. The fraction of sp³-hybridized carbons (Fsp3) is 0.500. The number of hydrogen-bond donors (Lipinski definition) is 1. The van der Waals surface area contributed by atoms with Crippen LogP contribution < -0.4 is 5.48 Å². The molecule has 1 atom stereocenters. The third-order valence-electron chi connectivity index (χ3n) is 2.57. The van der Waals surface area contributed by atoms with Gasteiger partial charge in [0.25, 0.3) is 0 Å². The standard InChI is InChI=1S/C14H21NO2/c1-11(2)9-13(15-17-3)10-14(16)12-7-5-4-6-8-12/h4-8,11,13,15H,9-10H2,1-3H3/t13-/m1/s1. The summed E-state index contributed by atoms with van der Waals surface area (Å²) in [6.07, 6.45) is 1.39. The normalized spacial score (nSPS) is 12.7. The smallest absolute Gasteiger partial charge is 0.164 e. The van der Waals surface area contributed by atoms with Crippen LogP contribution in [0.4, 0.5) is 0 Å². The summed E-state index contributed by atoms with van der Waals surface area (Å²) >= 11 is 0. The van der Waals surface area contributed by atoms with Crippen molar-refractivity contribution in [3.63, 3.8) is 0 Å². The summed E-state index contributed by atoms with van der Waals surface area (Å²) in [6.45, 7) is 4.27. The van der Waals surface area contributed by atoms with E-state index in [0.29, 0.717) is 12.3 Å². The van der Waals surface area contributed by atoms with Crippen LogP contribution in [-0.2, 0) is 4.84 Å². The maximum Gasteiger partial charge on any atom is 0.164 e. The van der Waals surface area contributed by atoms with Crippen molar-refractivity contribution in [2.45, 2.75) is 32.7 Å². The molecule has 0 spiro atoms. The molecule has 0 saturated heterocycles. The van der Waals surface area contributed by atoms with E-state index < -0.39 is 0 Å². The van der Waals surface area contributed by atoms with Gasteiger partial charge in [-0.1, -0.05) is 44.2 Å². The van der Waals surface area contributed by atoms with E-state index in [9.17, 15) is 4.79 Å². The maximum atomic E-state index is 12.0. The first-order valence-corrected chi connectivity index (χ1v) is 6.00. The van der Waals surface area contributed by atoms with E-state index in [2.05, 4.69) is 19.3 Å². The van der Waals surface area contributed by atoms with Crippen LogP contribution in [0.3, 0.4) is 0 Å². The van der Waals surface area contributed by atoms with Gasteiger partial charge in [-0.2, -0.15) is 5.48 Å². The number of rotatable bonds is 7. The van der Waals surface area contributed by atoms with Gasteiger partial charge in [0.05, 0.1) is 7.11 Å². The lowest BCUT2D eigenvalue weighted by atomic mass is 9.97. The summed E-state index contributed by atoms with van der Waals surface area (Å²) in [4.78, 5) is 17.0. The molecule has 0 amide bonds. The maximum absolute atomic E-state index is 12.0. The number of carbonyl (C=O) groups excluding carboxylic acids is 1. The molecule has 3 nitrogen and oxygen atoms in total. The van der Waals surface area contributed by atoms with Crippen LogP contribution in [0.2, 0.25) is 0 Å². The van der Waals surface area contributed by atoms with Crippen LogP contribution in [0, 0.1) is 5.92 Å². The summed E-state index contributed by atoms with van der Waals surface area (Å²) in [7, 11) is 1.58. The molecule has 0 bridgehead atoms. The Kier molecular flexibility index (Phi) is 5.87. The molecule has 1 aromatic carbocycles. The molecule has 0 fully saturated rings. The Hall–Kier alpha value is -1.19. The highest BCUT2D eigenvalue weighted by Gasteiger charge is 2.16. The Balaban J connectivity index is 2.57. The van der Waals surface area contributed by atoms with E-state index in [4.69, 9.17) is 4.84 Å². The van der Waals surface area contributed by atoms with E-state index in [1.165, 1.54) is 0 Å². The van der Waals surface area contributed by atoms with Gasteiger partial charge in [0.2, 0.25) is 0 Å². The number of hydroxylamine groups is 1. The average Bonchev–Trinajstić information content (AvgIpc) is 2.29. The Morgan fingerprint density at radius 1 is 1.29 bits per heavy atom. The fourth-order valence-corrected chi connectivity index (χ4v) is 1.87. The van der Waals surface area contributed by atoms with Gasteiger partial charge >= 0.3 is 0 Å². The highest BCUT2D eigenvalue weighted by atomic mass is 16.6. The Labute approximate surface area is 103 Å². The topological polar surface area (TPSA) is 38.3 Å². The van der Waals surface area contributed by atoms with Gasteiger partial charge in [-0.15, -0.1) is 0 Å². The lowest BCUT2D eigenvalue weighted by Gasteiger charge is -2.18. The highest BCUT2D eigenvalue weighted by molar-refractivity contribution is 5.96. The minimum Gasteiger partial charge on any atom is -0.305 e. The largest absolute Gasteiger partial charge is 0.305 e. The number of benzene rings is 1. The van der Waals surface area contributed by atoms with Crippen LogP contribution >= 0.6 is 0 Å². The van der Waals surface area contributed by atoms with E-state index in [1.54, 1.807) is 7.11 Å². The molecule has 0 aliphatic carbocycles. The molecule has 0 saturated carbocycles. The van der Waals surface area contributed by atoms with E-state index >= 15 is 0 Å². The first-order valence-electron chi connectivity index (χ1n) is 6.00. The molecule has 3 heteroatoms. The van der Waals surface area contributed by atoms with Gasteiger partial charge in [-0.3, -0.25) is 4.79 Å². The molecule has 17 heavy (non-hydrogen) atoms. The van der Waals surface area contributed by atoms with Crippen molar-refractivity contribution < 1.29 is 9.63 Å². The number of hydrogen-bond acceptors (Lipinski definition) is 3. The van der Waals surface area contributed by atoms with Gasteiger partial charge in [0.1, 0.15) is 0 Å². The van der Waals surface area contributed by atoms with Crippen molar-refractivity contribution in [2.24, 2.45) is 5.92 Å². The molecule has 1 rings (SSSR count). The van der Waals surface area contributed by atoms with Crippen LogP contribution in [0.1, 0.15) is 37.0 Å². The minimum absolute atomic E-state index is 0.0766. The highest BCUT2D eigenvalue weighted by Crippen LogP contribution is 2.12. The first-order chi connectivity index (χ1) is 8.13. The molecule has 0 radical (unpaired) electrons. The second-order valence-corrected chi connectivity index (χ2v) is 4.64. The molecule has 0 aromatic heterocycles. The third kappa shape index (κ3) is 5.11. The summed E-state index contributed by atoms with van der Waals surface area (Å²) in [6, 6.07) is 9.45. The molecule has 0 unspecified atom stereocenters. The second kappa shape index (κ2) is 7.20. The lowest BCUT2D eigenvalue weighted by molar-refractivity contribution is 0.0491. The molecule has 1 aromatic rings. The van der Waals surface area contributed by atoms with E-state index in [0.717, 1.165) is 12.0 Å². The number of carbonyl (C=O) groups is 1. The molecule has 1 N–H and O–H groups in total. The van der Waals surface area contributed by atoms with Crippen molar-refractivity contribution in [3.05, 3.63) is 35.9 Å². The molecular formula is C14H21NO2. The van der Waals surface area contributed by atoms with E-state index in [1.807, 2.05) is 30.3 Å². The number of nitrogens with one attached hydrogen (secondary N) is 1. The van der Waals surface area contributed by atoms with Crippen molar-refractivity contribution in [3.8, 4) is 0 Å². The zero-order chi connectivity index (χ0) is 12.7. The third-order valence-corrected chi connectivity index (χ3v) is 2.57. The van der Waals surface area contributed by atoms with Gasteiger partial charge in [0, 0.05) is 18.0 Å². The van der Waals surface area contributed by atoms with Crippen molar-refractivity contribution in [1.82, 2.24) is 5.48 Å². The van der Waals surface area contributed by atoms with Crippen LogP contribution in [-0.4, -0.2) is 18.9 Å². The van der Waals surface area contributed by atoms with Crippen LogP contribution in [0.5, 0.6) is 0 Å². The molecule has 0 aliphatic rings. The summed E-state index contributed by atoms with van der Waals surface area (Å²) in [5, 5.41) is 0. The Morgan fingerprint density at radius 3 is 2.47 bits per heavy atom. The molecule has 0 heterocycles. The summed E-state index contributed by atoms with van der Waals surface area (Å²) in [5.74, 6) is 0.687. The van der Waals surface area contributed by atoms with Gasteiger partial charge in [-0.25, -0.2) is 0 Å². The van der Waals surface area contributed by atoms with Gasteiger partial charge in [0.15, 0.2) is 5.78 Å². The molecule has 0 aliphatic heterocycles. The lowest BCUT2D eigenvalue weighted by Crippen LogP contribution is -2.31. The number of Topliss-reactive ketones (excluding diaryl/α,β-unsaturated/α-hetero) is 1. The van der Waals surface area contributed by atoms with Crippen LogP contribution in [0.25, 0.3) is 0 Å². The quantitative estimate of drug-likeness (QED) is 0.583.